The summed E-state index contributed by atoms with van der Waals surface area (Å²) in [6, 6.07) is 3.97. The van der Waals surface area contributed by atoms with Crippen molar-refractivity contribution in [3.8, 4) is 0 Å². The molecule has 0 aromatic carbocycles. The van der Waals surface area contributed by atoms with E-state index < -0.39 is 0 Å². The van der Waals surface area contributed by atoms with Gasteiger partial charge in [-0.2, -0.15) is 0 Å². The molecule has 5 nitrogen and oxygen atoms in total. The quantitative estimate of drug-likeness (QED) is 0.791. The topological polar surface area (TPSA) is 71.6 Å². The molecule has 5 heteroatoms. The highest BCUT2D eigenvalue weighted by atomic mass is 16.5. The highest BCUT2D eigenvalue weighted by molar-refractivity contribution is 5.40. The first kappa shape index (κ1) is 12.3. The number of nitrogens with zero attached hydrogens (tertiary/aromatic N) is 2. The predicted molar refractivity (Wildman–Crippen MR) is 65.9 cm³/mol. The molecule has 2 rings (SSSR count). The minimum absolute atomic E-state index is 0.00595. The van der Waals surface area contributed by atoms with E-state index in [0.29, 0.717) is 13.2 Å². The lowest BCUT2D eigenvalue weighted by atomic mass is 10.1. The van der Waals surface area contributed by atoms with E-state index in [1.54, 1.807) is 0 Å². The van der Waals surface area contributed by atoms with Crippen molar-refractivity contribution in [2.75, 3.05) is 31.2 Å². The number of morpholine rings is 1. The van der Waals surface area contributed by atoms with E-state index in [9.17, 15) is 0 Å². The first-order chi connectivity index (χ1) is 8.20. The molecule has 0 aliphatic carbocycles. The zero-order chi connectivity index (χ0) is 12.3. The molecule has 1 unspecified atom stereocenters. The maximum absolute atomic E-state index is 9.08. The third-order valence-electron chi connectivity index (χ3n) is 2.96. The van der Waals surface area contributed by atoms with Crippen LogP contribution in [-0.4, -0.2) is 42.5 Å². The highest BCUT2D eigenvalue weighted by Gasteiger charge is 2.20. The number of rotatable bonds is 3. The Morgan fingerprint density at radius 1 is 1.65 bits per heavy atom. The van der Waals surface area contributed by atoms with E-state index in [1.807, 2.05) is 25.3 Å². The van der Waals surface area contributed by atoms with Crippen LogP contribution in [0.3, 0.4) is 0 Å². The van der Waals surface area contributed by atoms with Crippen LogP contribution in [0.5, 0.6) is 0 Å². The largest absolute Gasteiger partial charge is 0.394 e. The summed E-state index contributed by atoms with van der Waals surface area (Å²) < 4.78 is 5.40. The summed E-state index contributed by atoms with van der Waals surface area (Å²) in [7, 11) is 0. The van der Waals surface area contributed by atoms with Crippen molar-refractivity contribution in [2.24, 2.45) is 5.73 Å². The molecule has 1 aliphatic heterocycles. The minimum Gasteiger partial charge on any atom is -0.394 e. The maximum Gasteiger partial charge on any atom is 0.128 e. The van der Waals surface area contributed by atoms with E-state index in [-0.39, 0.29) is 18.8 Å². The molecule has 17 heavy (non-hydrogen) atoms. The van der Waals surface area contributed by atoms with Gasteiger partial charge in [0.05, 0.1) is 19.3 Å². The summed E-state index contributed by atoms with van der Waals surface area (Å²) in [6.45, 7) is 4.10. The molecule has 94 valence electrons. The first-order valence-corrected chi connectivity index (χ1v) is 5.89. The van der Waals surface area contributed by atoms with Gasteiger partial charge in [0.25, 0.3) is 0 Å². The Labute approximate surface area is 101 Å². The number of hydrogen-bond donors (Lipinski definition) is 2. The van der Waals surface area contributed by atoms with Gasteiger partial charge in [-0.25, -0.2) is 4.98 Å². The smallest absolute Gasteiger partial charge is 0.128 e. The van der Waals surface area contributed by atoms with Gasteiger partial charge in [-0.05, 0) is 18.6 Å². The van der Waals surface area contributed by atoms with Gasteiger partial charge in [-0.1, -0.05) is 6.07 Å². The molecular weight excluding hydrogens is 218 g/mol. The SMILES string of the molecule is C[C@@H](N)c1ccc(N2CCOC(CO)C2)nc1. The highest BCUT2D eigenvalue weighted by Crippen LogP contribution is 2.17. The van der Waals surface area contributed by atoms with Crippen LogP contribution in [0.15, 0.2) is 18.3 Å². The lowest BCUT2D eigenvalue weighted by Crippen LogP contribution is -2.44. The molecule has 2 atom stereocenters. The summed E-state index contributed by atoms with van der Waals surface area (Å²) in [5.41, 5.74) is 6.81. The number of aromatic nitrogens is 1. The monoisotopic (exact) mass is 237 g/mol. The summed E-state index contributed by atoms with van der Waals surface area (Å²) in [5.74, 6) is 0.913. The van der Waals surface area contributed by atoms with Crippen molar-refractivity contribution in [3.05, 3.63) is 23.9 Å². The zero-order valence-electron chi connectivity index (χ0n) is 10.0. The minimum atomic E-state index is -0.112. The van der Waals surface area contributed by atoms with Crippen LogP contribution in [0.1, 0.15) is 18.5 Å². The molecule has 0 radical (unpaired) electrons. The van der Waals surface area contributed by atoms with Crippen LogP contribution in [0.2, 0.25) is 0 Å². The maximum atomic E-state index is 9.08. The van der Waals surface area contributed by atoms with Crippen molar-refractivity contribution in [1.29, 1.82) is 0 Å². The van der Waals surface area contributed by atoms with E-state index >= 15 is 0 Å². The standard InChI is InChI=1S/C12H19N3O2/c1-9(13)10-2-3-12(14-6-10)15-4-5-17-11(7-15)8-16/h2-3,6,9,11,16H,4-5,7-8,13H2,1H3/t9-,11?/m1/s1. The molecule has 0 spiro atoms. The Morgan fingerprint density at radius 3 is 3.06 bits per heavy atom. The Kier molecular flexibility index (Phi) is 3.93. The fourth-order valence-corrected chi connectivity index (χ4v) is 1.89. The first-order valence-electron chi connectivity index (χ1n) is 5.89. The van der Waals surface area contributed by atoms with Crippen LogP contribution in [0.25, 0.3) is 0 Å². The number of pyridine rings is 1. The summed E-state index contributed by atoms with van der Waals surface area (Å²) in [4.78, 5) is 6.52. The molecule has 2 heterocycles. The molecule has 1 aliphatic rings. The number of hydrogen-bond acceptors (Lipinski definition) is 5. The summed E-state index contributed by atoms with van der Waals surface area (Å²) in [5, 5.41) is 9.08. The van der Waals surface area contributed by atoms with Gasteiger partial charge in [-0.15, -0.1) is 0 Å². The van der Waals surface area contributed by atoms with Gasteiger partial charge in [0.2, 0.25) is 0 Å². The van der Waals surface area contributed by atoms with Gasteiger partial charge in [0.1, 0.15) is 5.82 Å². The average molecular weight is 237 g/mol. The third kappa shape index (κ3) is 2.94. The van der Waals surface area contributed by atoms with Crippen LogP contribution >= 0.6 is 0 Å². The Hall–Kier alpha value is -1.17. The van der Waals surface area contributed by atoms with Gasteiger partial charge in [0, 0.05) is 25.3 Å². The fourth-order valence-electron chi connectivity index (χ4n) is 1.89. The number of nitrogens with two attached hydrogens (primary N) is 1. The summed E-state index contributed by atoms with van der Waals surface area (Å²) >= 11 is 0. The summed E-state index contributed by atoms with van der Waals surface area (Å²) in [6.07, 6.45) is 1.70. The van der Waals surface area contributed by atoms with Crippen molar-refractivity contribution in [3.63, 3.8) is 0 Å². The van der Waals surface area contributed by atoms with Gasteiger partial charge in [-0.3, -0.25) is 0 Å². The fraction of sp³-hybridized carbons (Fsp3) is 0.583. The van der Waals surface area contributed by atoms with Crippen LogP contribution < -0.4 is 10.6 Å². The number of ether oxygens (including phenoxy) is 1. The van der Waals surface area contributed by atoms with Crippen LogP contribution in [0.4, 0.5) is 5.82 Å². The van der Waals surface area contributed by atoms with Crippen molar-refractivity contribution in [1.82, 2.24) is 4.98 Å². The van der Waals surface area contributed by atoms with E-state index in [0.717, 1.165) is 17.9 Å². The van der Waals surface area contributed by atoms with Gasteiger partial charge >= 0.3 is 0 Å². The molecule has 1 fully saturated rings. The lowest BCUT2D eigenvalue weighted by Gasteiger charge is -2.32. The number of aliphatic hydroxyl groups is 1. The van der Waals surface area contributed by atoms with E-state index in [2.05, 4.69) is 9.88 Å². The molecule has 0 saturated carbocycles. The normalized spacial score (nSPS) is 22.5. The van der Waals surface area contributed by atoms with Crippen LogP contribution in [-0.2, 0) is 4.74 Å². The van der Waals surface area contributed by atoms with Gasteiger partial charge < -0.3 is 20.5 Å². The molecule has 1 aromatic heterocycles. The lowest BCUT2D eigenvalue weighted by molar-refractivity contribution is 0.00336. The van der Waals surface area contributed by atoms with Crippen molar-refractivity contribution in [2.45, 2.75) is 19.1 Å². The average Bonchev–Trinajstić information content (AvgIpc) is 2.39. The molecule has 1 aromatic rings. The molecule has 3 N–H and O–H groups in total. The second-order valence-corrected chi connectivity index (χ2v) is 4.36. The second-order valence-electron chi connectivity index (χ2n) is 4.36. The Morgan fingerprint density at radius 2 is 2.47 bits per heavy atom. The number of aliphatic hydroxyl groups excluding tert-OH is 1. The van der Waals surface area contributed by atoms with E-state index in [1.165, 1.54) is 0 Å². The van der Waals surface area contributed by atoms with E-state index in [4.69, 9.17) is 15.6 Å². The zero-order valence-corrected chi connectivity index (χ0v) is 10.0. The molecule has 1 saturated heterocycles. The number of anilines is 1. The Balaban J connectivity index is 2.06. The molecule has 0 bridgehead atoms. The van der Waals surface area contributed by atoms with Gasteiger partial charge in [0.15, 0.2) is 0 Å². The molecular formula is C12H19N3O2. The van der Waals surface area contributed by atoms with Crippen molar-refractivity contribution < 1.29 is 9.84 Å². The van der Waals surface area contributed by atoms with Crippen LogP contribution in [0, 0.1) is 0 Å². The molecule has 0 amide bonds. The van der Waals surface area contributed by atoms with Crippen molar-refractivity contribution >= 4 is 5.82 Å². The Bertz CT molecular complexity index is 353. The predicted octanol–water partition coefficient (Wildman–Crippen LogP) is 0.299. The second kappa shape index (κ2) is 5.44. The third-order valence-corrected chi connectivity index (χ3v) is 2.96.